The lowest BCUT2D eigenvalue weighted by molar-refractivity contribution is 0.899. The standard InChI is InChI=1S/C17H19N.C3H8/c1-13(2)18-17-11-7-10-16(12-17)14(3)15-8-5-4-6-9-15;1-3-2/h4-13,18H,3H2,1-2H3;3H2,1-2H3. The molecule has 0 spiro atoms. The van der Waals surface area contributed by atoms with Crippen molar-refractivity contribution in [2.24, 2.45) is 0 Å². The predicted molar refractivity (Wildman–Crippen MR) is 95.7 cm³/mol. The number of nitrogens with one attached hydrogen (secondary N) is 1. The van der Waals surface area contributed by atoms with E-state index >= 15 is 0 Å². The number of anilines is 1. The van der Waals surface area contributed by atoms with Gasteiger partial charge in [-0.1, -0.05) is 69.3 Å². The molecule has 0 saturated heterocycles. The average Bonchev–Trinajstić information content (AvgIpc) is 2.48. The highest BCUT2D eigenvalue weighted by molar-refractivity contribution is 5.79. The van der Waals surface area contributed by atoms with Crippen LogP contribution in [0.1, 0.15) is 45.2 Å². The molecule has 1 N–H and O–H groups in total. The van der Waals surface area contributed by atoms with Gasteiger partial charge in [-0.05, 0) is 42.7 Å². The van der Waals surface area contributed by atoms with E-state index in [1.165, 1.54) is 12.0 Å². The molecule has 0 aliphatic heterocycles. The molecular formula is C20H27N. The van der Waals surface area contributed by atoms with Crippen LogP contribution in [0.15, 0.2) is 61.2 Å². The predicted octanol–water partition coefficient (Wildman–Crippen LogP) is 5.98. The summed E-state index contributed by atoms with van der Waals surface area (Å²) in [6.45, 7) is 12.7. The molecule has 2 aromatic carbocycles. The topological polar surface area (TPSA) is 12.0 Å². The Bertz CT molecular complexity index is 541. The van der Waals surface area contributed by atoms with Gasteiger partial charge in [0.15, 0.2) is 0 Å². The molecule has 0 fully saturated rings. The normalized spacial score (nSPS) is 9.76. The fraction of sp³-hybridized carbons (Fsp3) is 0.300. The lowest BCUT2D eigenvalue weighted by Crippen LogP contribution is -2.09. The van der Waals surface area contributed by atoms with Crippen LogP contribution >= 0.6 is 0 Å². The van der Waals surface area contributed by atoms with E-state index in [0.29, 0.717) is 6.04 Å². The van der Waals surface area contributed by atoms with E-state index in [1.54, 1.807) is 0 Å². The molecular weight excluding hydrogens is 254 g/mol. The summed E-state index contributed by atoms with van der Waals surface area (Å²) in [6, 6.07) is 19.1. The Labute approximate surface area is 129 Å². The molecule has 2 rings (SSSR count). The second-order valence-electron chi connectivity index (χ2n) is 5.43. The molecule has 0 amide bonds. The van der Waals surface area contributed by atoms with Gasteiger partial charge in [-0.2, -0.15) is 0 Å². The first-order chi connectivity index (χ1) is 10.1. The Hall–Kier alpha value is -2.02. The lowest BCUT2D eigenvalue weighted by Gasteiger charge is -2.12. The molecule has 0 aliphatic carbocycles. The number of rotatable bonds is 4. The zero-order valence-corrected chi connectivity index (χ0v) is 13.7. The van der Waals surface area contributed by atoms with Gasteiger partial charge in [-0.3, -0.25) is 0 Å². The molecule has 0 heterocycles. The van der Waals surface area contributed by atoms with E-state index in [2.05, 4.69) is 76.0 Å². The molecule has 0 radical (unpaired) electrons. The Morgan fingerprint density at radius 1 is 0.952 bits per heavy atom. The quantitative estimate of drug-likeness (QED) is 0.726. The number of hydrogen-bond donors (Lipinski definition) is 1. The lowest BCUT2D eigenvalue weighted by atomic mass is 9.99. The molecule has 0 bridgehead atoms. The van der Waals surface area contributed by atoms with Crippen molar-refractivity contribution in [2.45, 2.75) is 40.2 Å². The van der Waals surface area contributed by atoms with Crippen molar-refractivity contribution in [2.75, 3.05) is 5.32 Å². The first kappa shape index (κ1) is 17.0. The minimum absolute atomic E-state index is 0.435. The number of benzene rings is 2. The molecule has 2 aromatic rings. The van der Waals surface area contributed by atoms with Crippen LogP contribution in [-0.2, 0) is 0 Å². The largest absolute Gasteiger partial charge is 0.383 e. The summed E-state index contributed by atoms with van der Waals surface area (Å²) in [5.41, 5.74) is 4.52. The maximum absolute atomic E-state index is 4.19. The minimum Gasteiger partial charge on any atom is -0.383 e. The van der Waals surface area contributed by atoms with Crippen molar-refractivity contribution in [3.63, 3.8) is 0 Å². The van der Waals surface area contributed by atoms with Crippen LogP contribution < -0.4 is 5.32 Å². The fourth-order valence-corrected chi connectivity index (χ4v) is 1.94. The zero-order valence-electron chi connectivity index (χ0n) is 13.7. The van der Waals surface area contributed by atoms with Gasteiger partial charge >= 0.3 is 0 Å². The molecule has 0 atom stereocenters. The van der Waals surface area contributed by atoms with Gasteiger partial charge < -0.3 is 5.32 Å². The van der Waals surface area contributed by atoms with Gasteiger partial charge in [0.2, 0.25) is 0 Å². The monoisotopic (exact) mass is 281 g/mol. The van der Waals surface area contributed by atoms with Gasteiger partial charge in [0.25, 0.3) is 0 Å². The van der Waals surface area contributed by atoms with Crippen molar-refractivity contribution in [1.82, 2.24) is 0 Å². The van der Waals surface area contributed by atoms with E-state index in [1.807, 2.05) is 18.2 Å². The summed E-state index contributed by atoms with van der Waals surface area (Å²) in [4.78, 5) is 0. The van der Waals surface area contributed by atoms with E-state index in [0.717, 1.165) is 16.8 Å². The highest BCUT2D eigenvalue weighted by Crippen LogP contribution is 2.23. The third-order valence-corrected chi connectivity index (χ3v) is 2.79. The zero-order chi connectivity index (χ0) is 15.7. The second kappa shape index (κ2) is 9.02. The summed E-state index contributed by atoms with van der Waals surface area (Å²) < 4.78 is 0. The van der Waals surface area contributed by atoms with Gasteiger partial charge in [0, 0.05) is 11.7 Å². The highest BCUT2D eigenvalue weighted by atomic mass is 14.9. The van der Waals surface area contributed by atoms with Crippen molar-refractivity contribution in [3.05, 3.63) is 72.3 Å². The van der Waals surface area contributed by atoms with Gasteiger partial charge in [-0.15, -0.1) is 0 Å². The van der Waals surface area contributed by atoms with Crippen LogP contribution in [0.25, 0.3) is 5.57 Å². The van der Waals surface area contributed by atoms with Gasteiger partial charge in [0.05, 0.1) is 0 Å². The van der Waals surface area contributed by atoms with Crippen LogP contribution in [0.2, 0.25) is 0 Å². The molecule has 0 saturated carbocycles. The van der Waals surface area contributed by atoms with Crippen molar-refractivity contribution in [3.8, 4) is 0 Å². The minimum atomic E-state index is 0.435. The molecule has 0 aromatic heterocycles. The first-order valence-corrected chi connectivity index (χ1v) is 7.69. The number of hydrogen-bond acceptors (Lipinski definition) is 1. The highest BCUT2D eigenvalue weighted by Gasteiger charge is 2.03. The maximum Gasteiger partial charge on any atom is 0.0348 e. The smallest absolute Gasteiger partial charge is 0.0348 e. The van der Waals surface area contributed by atoms with E-state index < -0.39 is 0 Å². The molecule has 1 heteroatoms. The Morgan fingerprint density at radius 3 is 2.10 bits per heavy atom. The van der Waals surface area contributed by atoms with Crippen LogP contribution in [0, 0.1) is 0 Å². The van der Waals surface area contributed by atoms with Gasteiger partial charge in [0.1, 0.15) is 0 Å². The average molecular weight is 281 g/mol. The fourth-order valence-electron chi connectivity index (χ4n) is 1.94. The molecule has 0 unspecified atom stereocenters. The summed E-state index contributed by atoms with van der Waals surface area (Å²) in [7, 11) is 0. The molecule has 1 nitrogen and oxygen atoms in total. The van der Waals surface area contributed by atoms with Crippen molar-refractivity contribution < 1.29 is 0 Å². The molecule has 112 valence electrons. The molecule has 21 heavy (non-hydrogen) atoms. The van der Waals surface area contributed by atoms with E-state index in [-0.39, 0.29) is 0 Å². The third kappa shape index (κ3) is 5.86. The Morgan fingerprint density at radius 2 is 1.52 bits per heavy atom. The molecule has 0 aliphatic rings. The van der Waals surface area contributed by atoms with Crippen molar-refractivity contribution in [1.29, 1.82) is 0 Å². The SMILES string of the molecule is C=C(c1ccccc1)c1cccc(NC(C)C)c1.CCC. The summed E-state index contributed by atoms with van der Waals surface area (Å²) >= 11 is 0. The third-order valence-electron chi connectivity index (χ3n) is 2.79. The Kier molecular flexibility index (Phi) is 7.31. The summed E-state index contributed by atoms with van der Waals surface area (Å²) in [5.74, 6) is 0. The van der Waals surface area contributed by atoms with Crippen LogP contribution in [0.4, 0.5) is 5.69 Å². The summed E-state index contributed by atoms with van der Waals surface area (Å²) in [5, 5.41) is 3.41. The van der Waals surface area contributed by atoms with Crippen molar-refractivity contribution >= 4 is 11.3 Å². The first-order valence-electron chi connectivity index (χ1n) is 7.69. The van der Waals surface area contributed by atoms with E-state index in [4.69, 9.17) is 0 Å². The van der Waals surface area contributed by atoms with Crippen LogP contribution in [-0.4, -0.2) is 6.04 Å². The second-order valence-corrected chi connectivity index (χ2v) is 5.43. The van der Waals surface area contributed by atoms with Crippen LogP contribution in [0.3, 0.4) is 0 Å². The van der Waals surface area contributed by atoms with Gasteiger partial charge in [-0.25, -0.2) is 0 Å². The maximum atomic E-state index is 4.19. The van der Waals surface area contributed by atoms with Crippen LogP contribution in [0.5, 0.6) is 0 Å². The summed E-state index contributed by atoms with van der Waals surface area (Å²) in [6.07, 6.45) is 1.25. The van der Waals surface area contributed by atoms with E-state index in [9.17, 15) is 0 Å². The Balaban J connectivity index is 0.000000677.